The molecule has 0 fully saturated rings. The Hall–Kier alpha value is -0.213. The molecule has 1 aromatic carbocycles. The van der Waals surface area contributed by atoms with Crippen molar-refractivity contribution in [2.24, 2.45) is 0 Å². The summed E-state index contributed by atoms with van der Waals surface area (Å²) in [6.45, 7) is 9.74. The summed E-state index contributed by atoms with van der Waals surface area (Å²) in [6, 6.07) is 12.4. The predicted octanol–water partition coefficient (Wildman–Crippen LogP) is 6.07. The highest BCUT2D eigenvalue weighted by atomic mass is 32.2. The quantitative estimate of drug-likeness (QED) is 0.411. The fraction of sp³-hybridized carbons (Fsp3) is 0.625. The van der Waals surface area contributed by atoms with Crippen LogP contribution in [0.3, 0.4) is 0 Å². The molecule has 1 aromatic rings. The first-order valence-corrected chi connectivity index (χ1v) is 11.8. The van der Waals surface area contributed by atoms with Gasteiger partial charge in [0.25, 0.3) is 0 Å². The fourth-order valence-corrected chi connectivity index (χ4v) is 4.62. The van der Waals surface area contributed by atoms with Gasteiger partial charge in [-0.2, -0.15) is 0 Å². The van der Waals surface area contributed by atoms with Crippen LogP contribution in [0.25, 0.3) is 0 Å². The van der Waals surface area contributed by atoms with E-state index in [-0.39, 0.29) is 0 Å². The van der Waals surface area contributed by atoms with Crippen LogP contribution in [0.2, 0.25) is 25.7 Å². The van der Waals surface area contributed by atoms with E-state index in [4.69, 9.17) is 0 Å². The lowest BCUT2D eigenvalue weighted by atomic mass is 10.2. The number of hydrogen-bond donors (Lipinski definition) is 0. The van der Waals surface area contributed by atoms with E-state index in [1.54, 1.807) is 0 Å². The molecular formula is C16H28SSi. The van der Waals surface area contributed by atoms with Crippen molar-refractivity contribution >= 4 is 19.8 Å². The minimum absolute atomic E-state index is 0.819. The maximum Gasteiger partial charge on any atom is 0.0443 e. The van der Waals surface area contributed by atoms with Crippen molar-refractivity contribution in [1.82, 2.24) is 0 Å². The Bertz CT molecular complexity index is 316. The summed E-state index contributed by atoms with van der Waals surface area (Å²) in [7, 11) is -0.890. The fourth-order valence-electron chi connectivity index (χ4n) is 1.98. The van der Waals surface area contributed by atoms with Crippen LogP contribution in [0.1, 0.15) is 32.6 Å². The summed E-state index contributed by atoms with van der Waals surface area (Å²) in [4.78, 5) is 1.44. The summed E-state index contributed by atoms with van der Waals surface area (Å²) < 4.78 is 0. The van der Waals surface area contributed by atoms with Gasteiger partial charge in [-0.1, -0.05) is 63.6 Å². The molecule has 0 saturated carbocycles. The van der Waals surface area contributed by atoms with E-state index in [9.17, 15) is 0 Å². The maximum absolute atomic E-state index is 2.48. The molecule has 0 aliphatic carbocycles. The molecule has 1 atom stereocenters. The lowest BCUT2D eigenvalue weighted by molar-refractivity contribution is 0.667. The molecule has 0 aliphatic heterocycles. The average Bonchev–Trinajstić information content (AvgIpc) is 2.33. The molecule has 0 spiro atoms. The third-order valence-corrected chi connectivity index (χ3v) is 6.28. The van der Waals surface area contributed by atoms with Crippen LogP contribution >= 0.6 is 11.8 Å². The molecule has 0 heterocycles. The lowest BCUT2D eigenvalue weighted by Crippen LogP contribution is -2.21. The standard InChI is InChI=1S/C16H28SSi/c1-5-6-10-16(13-14-18(2,3)4)17-15-11-8-7-9-12-15/h7-9,11-12,16H,5-6,10,13-14H2,1-4H3. The van der Waals surface area contributed by atoms with Gasteiger partial charge in [0.1, 0.15) is 0 Å². The van der Waals surface area contributed by atoms with Crippen LogP contribution in [-0.2, 0) is 0 Å². The van der Waals surface area contributed by atoms with Gasteiger partial charge in [0, 0.05) is 18.2 Å². The molecule has 0 N–H and O–H groups in total. The van der Waals surface area contributed by atoms with Crippen LogP contribution < -0.4 is 0 Å². The van der Waals surface area contributed by atoms with Gasteiger partial charge < -0.3 is 0 Å². The predicted molar refractivity (Wildman–Crippen MR) is 88.4 cm³/mol. The Balaban J connectivity index is 2.50. The van der Waals surface area contributed by atoms with Crippen molar-refractivity contribution in [1.29, 1.82) is 0 Å². The topological polar surface area (TPSA) is 0 Å². The van der Waals surface area contributed by atoms with E-state index < -0.39 is 8.07 Å². The zero-order valence-corrected chi connectivity index (χ0v) is 14.2. The molecule has 2 heteroatoms. The van der Waals surface area contributed by atoms with E-state index in [0.29, 0.717) is 0 Å². The Morgan fingerprint density at radius 2 is 1.72 bits per heavy atom. The van der Waals surface area contributed by atoms with Crippen molar-refractivity contribution in [2.45, 2.75) is 68.4 Å². The smallest absolute Gasteiger partial charge is 0.0443 e. The molecule has 0 amide bonds. The van der Waals surface area contributed by atoms with E-state index >= 15 is 0 Å². The zero-order chi connectivity index (χ0) is 13.4. The Kier molecular flexibility index (Phi) is 7.09. The minimum Gasteiger partial charge on any atom is -0.123 e. The third kappa shape index (κ3) is 7.27. The van der Waals surface area contributed by atoms with Crippen molar-refractivity contribution < 1.29 is 0 Å². The summed E-state index contributed by atoms with van der Waals surface area (Å²) in [5, 5.41) is 0.819. The molecule has 102 valence electrons. The molecule has 1 rings (SSSR count). The minimum atomic E-state index is -0.890. The van der Waals surface area contributed by atoms with Crippen molar-refractivity contribution in [3.05, 3.63) is 30.3 Å². The molecule has 18 heavy (non-hydrogen) atoms. The first-order chi connectivity index (χ1) is 8.51. The van der Waals surface area contributed by atoms with Crippen LogP contribution in [0, 0.1) is 0 Å². The van der Waals surface area contributed by atoms with Gasteiger partial charge in [0.05, 0.1) is 0 Å². The molecule has 0 bridgehead atoms. The molecule has 0 nitrogen and oxygen atoms in total. The summed E-state index contributed by atoms with van der Waals surface area (Å²) in [5.74, 6) is 0. The van der Waals surface area contributed by atoms with Crippen LogP contribution in [0.5, 0.6) is 0 Å². The lowest BCUT2D eigenvalue weighted by Gasteiger charge is -2.21. The normalized spacial score (nSPS) is 13.6. The number of thioether (sulfide) groups is 1. The highest BCUT2D eigenvalue weighted by molar-refractivity contribution is 8.00. The Labute approximate surface area is 119 Å². The van der Waals surface area contributed by atoms with Gasteiger partial charge >= 0.3 is 0 Å². The summed E-state index contributed by atoms with van der Waals surface area (Å²) >= 11 is 2.09. The third-order valence-electron chi connectivity index (χ3n) is 3.14. The SMILES string of the molecule is CCCCC(CC[Si](C)(C)C)Sc1ccccc1. The van der Waals surface area contributed by atoms with Gasteiger partial charge in [-0.05, 0) is 25.0 Å². The second-order valence-corrected chi connectivity index (χ2v) is 13.3. The van der Waals surface area contributed by atoms with Gasteiger partial charge in [-0.3, -0.25) is 0 Å². The maximum atomic E-state index is 2.48. The van der Waals surface area contributed by atoms with Gasteiger partial charge in [-0.25, -0.2) is 0 Å². The molecule has 0 saturated heterocycles. The molecule has 0 radical (unpaired) electrons. The number of benzene rings is 1. The molecule has 1 unspecified atom stereocenters. The monoisotopic (exact) mass is 280 g/mol. The average molecular weight is 281 g/mol. The first kappa shape index (κ1) is 15.8. The Morgan fingerprint density at radius 3 is 2.28 bits per heavy atom. The highest BCUT2D eigenvalue weighted by Gasteiger charge is 2.17. The zero-order valence-electron chi connectivity index (χ0n) is 12.4. The van der Waals surface area contributed by atoms with Gasteiger partial charge in [-0.15, -0.1) is 11.8 Å². The van der Waals surface area contributed by atoms with Crippen LogP contribution in [0.15, 0.2) is 35.2 Å². The largest absolute Gasteiger partial charge is 0.123 e. The molecule has 0 aromatic heterocycles. The van der Waals surface area contributed by atoms with Crippen LogP contribution in [0.4, 0.5) is 0 Å². The number of unbranched alkanes of at least 4 members (excludes halogenated alkanes) is 1. The van der Waals surface area contributed by atoms with Gasteiger partial charge in [0.2, 0.25) is 0 Å². The first-order valence-electron chi connectivity index (χ1n) is 7.23. The second-order valence-electron chi connectivity index (χ2n) is 6.29. The van der Waals surface area contributed by atoms with E-state index in [1.165, 1.54) is 36.6 Å². The van der Waals surface area contributed by atoms with Gasteiger partial charge in [0.15, 0.2) is 0 Å². The van der Waals surface area contributed by atoms with Crippen molar-refractivity contribution in [3.63, 3.8) is 0 Å². The van der Waals surface area contributed by atoms with E-state index in [1.807, 2.05) is 0 Å². The Morgan fingerprint density at radius 1 is 1.06 bits per heavy atom. The molecule has 0 aliphatic rings. The highest BCUT2D eigenvalue weighted by Crippen LogP contribution is 2.31. The van der Waals surface area contributed by atoms with E-state index in [2.05, 4.69) is 68.7 Å². The summed E-state index contributed by atoms with van der Waals surface area (Å²) in [6.07, 6.45) is 5.46. The number of hydrogen-bond acceptors (Lipinski definition) is 1. The van der Waals surface area contributed by atoms with Crippen molar-refractivity contribution in [2.75, 3.05) is 0 Å². The second kappa shape index (κ2) is 8.06. The summed E-state index contributed by atoms with van der Waals surface area (Å²) in [5.41, 5.74) is 0. The van der Waals surface area contributed by atoms with E-state index in [0.717, 1.165) is 5.25 Å². The number of rotatable bonds is 8. The van der Waals surface area contributed by atoms with Crippen LogP contribution in [-0.4, -0.2) is 13.3 Å². The van der Waals surface area contributed by atoms with Crippen molar-refractivity contribution in [3.8, 4) is 0 Å². The molecular weight excluding hydrogens is 252 g/mol.